The van der Waals surface area contributed by atoms with Crippen molar-refractivity contribution in [3.05, 3.63) is 52.7 Å². The fourth-order valence-electron chi connectivity index (χ4n) is 3.15. The highest BCUT2D eigenvalue weighted by atomic mass is 127. The monoisotopic (exact) mass is 484 g/mol. The van der Waals surface area contributed by atoms with Gasteiger partial charge in [-0.05, 0) is 47.9 Å². The summed E-state index contributed by atoms with van der Waals surface area (Å²) < 4.78 is 0. The molecule has 1 saturated heterocycles. The molecule has 1 aromatic heterocycles. The SMILES string of the molecule is CCNC(=NCC(C)c1ccsc1)NC1CCN(c2ccccc2)C1.I. The van der Waals surface area contributed by atoms with E-state index in [0.29, 0.717) is 12.0 Å². The maximum atomic E-state index is 4.81. The van der Waals surface area contributed by atoms with Gasteiger partial charge in [-0.2, -0.15) is 11.3 Å². The summed E-state index contributed by atoms with van der Waals surface area (Å²) >= 11 is 1.75. The van der Waals surface area contributed by atoms with Crippen molar-refractivity contribution >= 4 is 47.0 Å². The molecule has 1 aliphatic heterocycles. The molecular weight excluding hydrogens is 455 g/mol. The van der Waals surface area contributed by atoms with Crippen LogP contribution in [0.4, 0.5) is 5.69 Å². The number of rotatable bonds is 6. The fraction of sp³-hybridized carbons (Fsp3) is 0.450. The summed E-state index contributed by atoms with van der Waals surface area (Å²) in [5.41, 5.74) is 2.68. The van der Waals surface area contributed by atoms with E-state index in [9.17, 15) is 0 Å². The number of thiophene rings is 1. The average molecular weight is 484 g/mol. The Morgan fingerprint density at radius 1 is 1.31 bits per heavy atom. The molecule has 1 aliphatic rings. The molecule has 0 amide bonds. The molecule has 6 heteroatoms. The lowest BCUT2D eigenvalue weighted by atomic mass is 10.1. The van der Waals surface area contributed by atoms with E-state index in [0.717, 1.165) is 38.6 Å². The molecule has 0 aliphatic carbocycles. The number of hydrogen-bond acceptors (Lipinski definition) is 3. The molecule has 2 unspecified atom stereocenters. The Morgan fingerprint density at radius 3 is 2.81 bits per heavy atom. The lowest BCUT2D eigenvalue weighted by molar-refractivity contribution is 0.645. The lowest BCUT2D eigenvalue weighted by Crippen LogP contribution is -2.44. The minimum atomic E-state index is 0. The summed E-state index contributed by atoms with van der Waals surface area (Å²) in [6, 6.07) is 13.3. The van der Waals surface area contributed by atoms with Crippen LogP contribution in [0.2, 0.25) is 0 Å². The predicted octanol–water partition coefficient (Wildman–Crippen LogP) is 4.30. The summed E-state index contributed by atoms with van der Waals surface area (Å²) in [5.74, 6) is 1.38. The van der Waals surface area contributed by atoms with Gasteiger partial charge in [-0.1, -0.05) is 25.1 Å². The van der Waals surface area contributed by atoms with Gasteiger partial charge in [0, 0.05) is 43.8 Å². The summed E-state index contributed by atoms with van der Waals surface area (Å²) in [5, 5.41) is 11.4. The molecule has 26 heavy (non-hydrogen) atoms. The first kappa shape index (κ1) is 21.0. The first-order valence-electron chi connectivity index (χ1n) is 9.13. The van der Waals surface area contributed by atoms with Crippen molar-refractivity contribution in [2.45, 2.75) is 32.2 Å². The Hall–Kier alpha value is -1.28. The van der Waals surface area contributed by atoms with Crippen LogP contribution in [0.3, 0.4) is 0 Å². The van der Waals surface area contributed by atoms with Gasteiger partial charge < -0.3 is 15.5 Å². The Morgan fingerprint density at radius 2 is 2.12 bits per heavy atom. The second kappa shape index (κ2) is 10.8. The quantitative estimate of drug-likeness (QED) is 0.365. The molecule has 2 N–H and O–H groups in total. The lowest BCUT2D eigenvalue weighted by Gasteiger charge is -2.20. The molecule has 1 fully saturated rings. The van der Waals surface area contributed by atoms with Crippen LogP contribution in [0.25, 0.3) is 0 Å². The third kappa shape index (κ3) is 5.87. The maximum absolute atomic E-state index is 4.81. The highest BCUT2D eigenvalue weighted by Crippen LogP contribution is 2.20. The highest BCUT2D eigenvalue weighted by molar-refractivity contribution is 14.0. The number of benzene rings is 1. The first-order chi connectivity index (χ1) is 12.3. The van der Waals surface area contributed by atoms with Gasteiger partial charge in [0.1, 0.15) is 0 Å². The van der Waals surface area contributed by atoms with E-state index in [1.165, 1.54) is 11.3 Å². The van der Waals surface area contributed by atoms with Crippen LogP contribution >= 0.6 is 35.3 Å². The average Bonchev–Trinajstić information content (AvgIpc) is 3.32. The predicted molar refractivity (Wildman–Crippen MR) is 124 cm³/mol. The van der Waals surface area contributed by atoms with Crippen LogP contribution in [0.15, 0.2) is 52.2 Å². The van der Waals surface area contributed by atoms with Crippen molar-refractivity contribution in [2.75, 3.05) is 31.1 Å². The minimum absolute atomic E-state index is 0. The van der Waals surface area contributed by atoms with E-state index in [1.54, 1.807) is 11.3 Å². The summed E-state index contributed by atoms with van der Waals surface area (Å²) in [6.07, 6.45) is 1.14. The first-order valence-corrected chi connectivity index (χ1v) is 10.1. The van der Waals surface area contributed by atoms with E-state index in [4.69, 9.17) is 4.99 Å². The van der Waals surface area contributed by atoms with E-state index < -0.39 is 0 Å². The zero-order valence-corrected chi connectivity index (χ0v) is 18.7. The fourth-order valence-corrected chi connectivity index (χ4v) is 3.94. The molecule has 2 aromatic rings. The number of aliphatic imine (C=N–C) groups is 1. The normalized spacial score (nSPS) is 18.3. The Bertz CT molecular complexity index is 660. The number of guanidine groups is 1. The molecule has 0 saturated carbocycles. The van der Waals surface area contributed by atoms with Gasteiger partial charge in [0.05, 0.1) is 0 Å². The van der Waals surface area contributed by atoms with Gasteiger partial charge in [0.25, 0.3) is 0 Å². The summed E-state index contributed by atoms with van der Waals surface area (Å²) in [7, 11) is 0. The Labute approximate surface area is 178 Å². The van der Waals surface area contributed by atoms with Crippen LogP contribution in [0.5, 0.6) is 0 Å². The zero-order chi connectivity index (χ0) is 17.5. The number of nitrogens with one attached hydrogen (secondary N) is 2. The van der Waals surface area contributed by atoms with Gasteiger partial charge in [-0.15, -0.1) is 24.0 Å². The van der Waals surface area contributed by atoms with Crippen molar-refractivity contribution < 1.29 is 0 Å². The van der Waals surface area contributed by atoms with Crippen LogP contribution in [-0.2, 0) is 0 Å². The van der Waals surface area contributed by atoms with Crippen LogP contribution in [0.1, 0.15) is 31.7 Å². The van der Waals surface area contributed by atoms with Crippen LogP contribution in [-0.4, -0.2) is 38.2 Å². The summed E-state index contributed by atoms with van der Waals surface area (Å²) in [4.78, 5) is 7.25. The van der Waals surface area contributed by atoms with Gasteiger partial charge in [-0.3, -0.25) is 4.99 Å². The van der Waals surface area contributed by atoms with E-state index in [2.05, 4.69) is 76.5 Å². The van der Waals surface area contributed by atoms with Gasteiger partial charge in [-0.25, -0.2) is 0 Å². The second-order valence-corrected chi connectivity index (χ2v) is 7.37. The number of anilines is 1. The minimum Gasteiger partial charge on any atom is -0.369 e. The Kier molecular flexibility index (Phi) is 8.71. The molecule has 2 heterocycles. The van der Waals surface area contributed by atoms with Gasteiger partial charge in [0.15, 0.2) is 5.96 Å². The number of para-hydroxylation sites is 1. The standard InChI is InChI=1S/C20H28N4S.HI/c1-3-21-20(22-13-16(2)17-10-12-25-15-17)23-18-9-11-24(14-18)19-7-5-4-6-8-19;/h4-8,10,12,15-16,18H,3,9,11,13-14H2,1-2H3,(H2,21,22,23);1H. The smallest absolute Gasteiger partial charge is 0.191 e. The maximum Gasteiger partial charge on any atom is 0.191 e. The number of halogens is 1. The number of hydrogen-bond donors (Lipinski definition) is 2. The van der Waals surface area contributed by atoms with Crippen molar-refractivity contribution in [1.82, 2.24) is 10.6 Å². The van der Waals surface area contributed by atoms with Crippen molar-refractivity contribution in [2.24, 2.45) is 4.99 Å². The molecule has 0 radical (unpaired) electrons. The third-order valence-corrected chi connectivity index (χ3v) is 5.33. The molecule has 1 aromatic carbocycles. The largest absolute Gasteiger partial charge is 0.369 e. The molecule has 0 bridgehead atoms. The van der Waals surface area contributed by atoms with Gasteiger partial charge in [0.2, 0.25) is 0 Å². The summed E-state index contributed by atoms with van der Waals surface area (Å²) in [6.45, 7) is 8.15. The highest BCUT2D eigenvalue weighted by Gasteiger charge is 2.23. The molecule has 4 nitrogen and oxygen atoms in total. The van der Waals surface area contributed by atoms with Crippen molar-refractivity contribution in [3.63, 3.8) is 0 Å². The molecule has 142 valence electrons. The van der Waals surface area contributed by atoms with E-state index in [-0.39, 0.29) is 24.0 Å². The van der Waals surface area contributed by atoms with E-state index in [1.807, 2.05) is 0 Å². The zero-order valence-electron chi connectivity index (χ0n) is 15.5. The van der Waals surface area contributed by atoms with Crippen LogP contribution < -0.4 is 15.5 Å². The molecular formula is C20H29IN4S. The Balaban J connectivity index is 0.00000243. The van der Waals surface area contributed by atoms with E-state index >= 15 is 0 Å². The van der Waals surface area contributed by atoms with Crippen molar-refractivity contribution in [1.29, 1.82) is 0 Å². The second-order valence-electron chi connectivity index (χ2n) is 6.59. The third-order valence-electron chi connectivity index (χ3n) is 4.63. The molecule has 3 rings (SSSR count). The van der Waals surface area contributed by atoms with Crippen molar-refractivity contribution in [3.8, 4) is 0 Å². The number of nitrogens with zero attached hydrogens (tertiary/aromatic N) is 2. The van der Waals surface area contributed by atoms with Crippen LogP contribution in [0, 0.1) is 0 Å². The molecule has 2 atom stereocenters. The topological polar surface area (TPSA) is 39.7 Å². The molecule has 0 spiro atoms. The van der Waals surface area contributed by atoms with Gasteiger partial charge >= 0.3 is 0 Å².